The second-order valence-electron chi connectivity index (χ2n) is 7.38. The van der Waals surface area contributed by atoms with Crippen molar-refractivity contribution in [1.82, 2.24) is 15.0 Å². The van der Waals surface area contributed by atoms with Gasteiger partial charge in [-0.1, -0.05) is 24.3 Å². The molecule has 8 nitrogen and oxygen atoms in total. The number of carbonyl (C=O) groups excluding carboxylic acids is 1. The summed E-state index contributed by atoms with van der Waals surface area (Å²) in [6.07, 6.45) is 0. The van der Waals surface area contributed by atoms with Crippen LogP contribution in [0.25, 0.3) is 0 Å². The molecule has 4 rings (SSSR count). The van der Waals surface area contributed by atoms with Gasteiger partial charge in [-0.3, -0.25) is 4.79 Å². The topological polar surface area (TPSA) is 104 Å². The number of benzene rings is 3. The number of rotatable bonds is 8. The van der Waals surface area contributed by atoms with Gasteiger partial charge in [-0.15, -0.1) is 0 Å². The van der Waals surface area contributed by atoms with E-state index in [1.165, 1.54) is 60.7 Å². The lowest BCUT2D eigenvalue weighted by Crippen LogP contribution is -2.32. The fourth-order valence-electron chi connectivity index (χ4n) is 2.96. The third-order valence-corrected chi connectivity index (χ3v) is 4.73. The van der Waals surface area contributed by atoms with Crippen LogP contribution in [0.4, 0.5) is 48.1 Å². The van der Waals surface area contributed by atoms with Crippen molar-refractivity contribution in [3.63, 3.8) is 0 Å². The lowest BCUT2D eigenvalue weighted by molar-refractivity contribution is -0.116. The lowest BCUT2D eigenvalue weighted by atomic mass is 10.2. The summed E-state index contributed by atoms with van der Waals surface area (Å²) in [6, 6.07) is 16.3. The quantitative estimate of drug-likeness (QED) is 0.275. The Kier molecular flexibility index (Phi) is 7.05. The van der Waals surface area contributed by atoms with Gasteiger partial charge in [0.2, 0.25) is 23.8 Å². The van der Waals surface area contributed by atoms with Gasteiger partial charge in [0.15, 0.2) is 0 Å². The fraction of sp³-hybridized carbons (Fsp3) is 0.0833. The van der Waals surface area contributed by atoms with E-state index < -0.39 is 29.4 Å². The molecule has 0 saturated heterocycles. The number of halogens is 3. The number of hydrogen-bond acceptors (Lipinski definition) is 7. The van der Waals surface area contributed by atoms with Crippen LogP contribution in [0, 0.1) is 17.5 Å². The van der Waals surface area contributed by atoms with Gasteiger partial charge in [-0.25, -0.2) is 13.2 Å². The van der Waals surface area contributed by atoms with Crippen molar-refractivity contribution in [2.75, 3.05) is 21.3 Å². The smallest absolute Gasteiger partial charge is 0.246 e. The molecule has 0 aliphatic heterocycles. The molecular formula is C24H20F3N7O. The monoisotopic (exact) mass is 479 g/mol. The van der Waals surface area contributed by atoms with Crippen LogP contribution in [0.3, 0.4) is 0 Å². The highest BCUT2D eigenvalue weighted by Gasteiger charge is 2.17. The van der Waals surface area contributed by atoms with Crippen molar-refractivity contribution < 1.29 is 18.0 Å². The van der Waals surface area contributed by atoms with E-state index in [4.69, 9.17) is 0 Å². The molecule has 4 N–H and O–H groups in total. The van der Waals surface area contributed by atoms with Gasteiger partial charge in [0.25, 0.3) is 0 Å². The summed E-state index contributed by atoms with van der Waals surface area (Å²) in [6.45, 7) is 1.57. The van der Waals surface area contributed by atoms with Crippen LogP contribution < -0.4 is 21.3 Å². The highest BCUT2D eigenvalue weighted by atomic mass is 19.1. The van der Waals surface area contributed by atoms with Gasteiger partial charge >= 0.3 is 0 Å². The number of amides is 1. The zero-order valence-electron chi connectivity index (χ0n) is 18.4. The van der Waals surface area contributed by atoms with Gasteiger partial charge in [-0.05, 0) is 55.5 Å². The molecule has 1 unspecified atom stereocenters. The Morgan fingerprint density at radius 3 is 1.71 bits per heavy atom. The van der Waals surface area contributed by atoms with Crippen LogP contribution in [-0.2, 0) is 4.79 Å². The molecule has 0 spiro atoms. The van der Waals surface area contributed by atoms with Crippen molar-refractivity contribution in [1.29, 1.82) is 0 Å². The van der Waals surface area contributed by atoms with Crippen molar-refractivity contribution >= 4 is 40.8 Å². The largest absolute Gasteiger partial charge is 0.342 e. The van der Waals surface area contributed by atoms with Crippen molar-refractivity contribution in [2.24, 2.45) is 0 Å². The van der Waals surface area contributed by atoms with Crippen LogP contribution in [0.15, 0.2) is 72.8 Å². The van der Waals surface area contributed by atoms with Crippen molar-refractivity contribution in [2.45, 2.75) is 13.0 Å². The first-order chi connectivity index (χ1) is 16.9. The minimum Gasteiger partial charge on any atom is -0.342 e. The van der Waals surface area contributed by atoms with Crippen LogP contribution in [0.1, 0.15) is 6.92 Å². The first-order valence-corrected chi connectivity index (χ1v) is 10.5. The van der Waals surface area contributed by atoms with Gasteiger partial charge in [0.1, 0.15) is 23.5 Å². The normalized spacial score (nSPS) is 11.4. The average Bonchev–Trinajstić information content (AvgIpc) is 2.83. The molecule has 35 heavy (non-hydrogen) atoms. The summed E-state index contributed by atoms with van der Waals surface area (Å²) >= 11 is 0. The Hall–Kier alpha value is -4.67. The van der Waals surface area contributed by atoms with Crippen LogP contribution >= 0.6 is 0 Å². The molecule has 1 aromatic heterocycles. The number of nitrogens with one attached hydrogen (secondary N) is 4. The van der Waals surface area contributed by atoms with E-state index in [1.807, 2.05) is 0 Å². The summed E-state index contributed by atoms with van der Waals surface area (Å²) in [5.74, 6) is -2.04. The molecule has 1 heterocycles. The first-order valence-electron chi connectivity index (χ1n) is 10.5. The predicted molar refractivity (Wildman–Crippen MR) is 127 cm³/mol. The zero-order chi connectivity index (χ0) is 24.8. The predicted octanol–water partition coefficient (Wildman–Crippen LogP) is 5.22. The maximum absolute atomic E-state index is 14.1. The summed E-state index contributed by atoms with van der Waals surface area (Å²) in [7, 11) is 0. The molecule has 1 atom stereocenters. The SMILES string of the molecule is CC(Nc1nc(Nc2ccccc2F)nc(Nc2ccccc2F)n1)C(=O)Nc1ccc(F)cc1. The number of anilines is 6. The number of nitrogens with zero attached hydrogens (tertiary/aromatic N) is 3. The lowest BCUT2D eigenvalue weighted by Gasteiger charge is -2.16. The Morgan fingerprint density at radius 2 is 1.20 bits per heavy atom. The number of aromatic nitrogens is 3. The zero-order valence-corrected chi connectivity index (χ0v) is 18.4. The summed E-state index contributed by atoms with van der Waals surface area (Å²) < 4.78 is 41.4. The van der Waals surface area contributed by atoms with Crippen LogP contribution in [-0.4, -0.2) is 26.9 Å². The molecule has 0 saturated carbocycles. The summed E-state index contributed by atoms with van der Waals surface area (Å²) in [4.78, 5) is 25.2. The molecule has 0 aliphatic carbocycles. The molecule has 0 fully saturated rings. The second kappa shape index (κ2) is 10.5. The van der Waals surface area contributed by atoms with E-state index in [2.05, 4.69) is 36.2 Å². The summed E-state index contributed by atoms with van der Waals surface area (Å²) in [5, 5.41) is 11.0. The highest BCUT2D eigenvalue weighted by Crippen LogP contribution is 2.22. The van der Waals surface area contributed by atoms with Gasteiger partial charge in [-0.2, -0.15) is 15.0 Å². The minimum atomic E-state index is -0.829. The van der Waals surface area contributed by atoms with Gasteiger partial charge < -0.3 is 21.3 Å². The Bertz CT molecular complexity index is 1270. The van der Waals surface area contributed by atoms with Crippen LogP contribution in [0.2, 0.25) is 0 Å². The molecule has 11 heteroatoms. The number of hydrogen-bond donors (Lipinski definition) is 4. The van der Waals surface area contributed by atoms with Crippen LogP contribution in [0.5, 0.6) is 0 Å². The molecule has 4 aromatic rings. The van der Waals surface area contributed by atoms with Gasteiger partial charge in [0.05, 0.1) is 11.4 Å². The standard InChI is InChI=1S/C24H20F3N7O/c1-14(21(35)29-16-12-10-15(25)11-13-16)28-22-32-23(30-19-8-4-2-6-17(19)26)34-24(33-22)31-20-9-5-3-7-18(20)27/h2-14H,1H3,(H,29,35)(H3,28,30,31,32,33,34). The minimum absolute atomic E-state index is 0.0283. The highest BCUT2D eigenvalue weighted by molar-refractivity contribution is 5.96. The van der Waals surface area contributed by atoms with Gasteiger partial charge in [0, 0.05) is 5.69 Å². The van der Waals surface area contributed by atoms with E-state index in [9.17, 15) is 18.0 Å². The van der Waals surface area contributed by atoms with E-state index in [1.54, 1.807) is 19.1 Å². The van der Waals surface area contributed by atoms with E-state index in [0.29, 0.717) is 5.69 Å². The molecule has 0 radical (unpaired) electrons. The first kappa shape index (κ1) is 23.5. The van der Waals surface area contributed by atoms with E-state index in [-0.39, 0.29) is 29.2 Å². The second-order valence-corrected chi connectivity index (χ2v) is 7.38. The van der Waals surface area contributed by atoms with Crippen molar-refractivity contribution in [3.05, 3.63) is 90.2 Å². The maximum Gasteiger partial charge on any atom is 0.246 e. The Balaban J connectivity index is 1.57. The van der Waals surface area contributed by atoms with Crippen molar-refractivity contribution in [3.8, 4) is 0 Å². The Morgan fingerprint density at radius 1 is 0.714 bits per heavy atom. The third-order valence-electron chi connectivity index (χ3n) is 4.73. The molecular weight excluding hydrogens is 459 g/mol. The molecule has 178 valence electrons. The molecule has 0 aliphatic rings. The Labute approximate surface area is 198 Å². The average molecular weight is 479 g/mol. The van der Waals surface area contributed by atoms with E-state index in [0.717, 1.165) is 0 Å². The fourth-order valence-corrected chi connectivity index (χ4v) is 2.96. The van der Waals surface area contributed by atoms with E-state index >= 15 is 0 Å². The molecule has 0 bridgehead atoms. The third kappa shape index (κ3) is 6.22. The number of carbonyl (C=O) groups is 1. The maximum atomic E-state index is 14.1. The summed E-state index contributed by atoms with van der Waals surface area (Å²) in [5.41, 5.74) is 0.636. The molecule has 1 amide bonds. The number of para-hydroxylation sites is 2. The molecule has 3 aromatic carbocycles.